The van der Waals surface area contributed by atoms with E-state index < -0.39 is 0 Å². The summed E-state index contributed by atoms with van der Waals surface area (Å²) < 4.78 is 4.92. The molecule has 0 aliphatic heterocycles. The van der Waals surface area contributed by atoms with Gasteiger partial charge >= 0.3 is 5.56 Å². The number of aromatic nitrogens is 2. The zero-order valence-corrected chi connectivity index (χ0v) is 8.73. The van der Waals surface area contributed by atoms with E-state index in [4.69, 9.17) is 10.5 Å². The molecule has 1 aromatic heterocycles. The fraction of sp³-hybridized carbons (Fsp3) is 0.0909. The highest BCUT2D eigenvalue weighted by atomic mass is 16.5. The third-order valence-corrected chi connectivity index (χ3v) is 2.20. The molecule has 1 heterocycles. The van der Waals surface area contributed by atoms with Gasteiger partial charge in [-0.1, -0.05) is 12.1 Å². The molecule has 0 aliphatic rings. The molecule has 5 heteroatoms. The number of nitrogens with two attached hydrogens (primary N) is 1. The lowest BCUT2D eigenvalue weighted by atomic mass is 10.1. The third-order valence-electron chi connectivity index (χ3n) is 2.20. The minimum atomic E-state index is -0.346. The molecule has 0 saturated heterocycles. The fourth-order valence-corrected chi connectivity index (χ4v) is 1.34. The van der Waals surface area contributed by atoms with Gasteiger partial charge in [0.15, 0.2) is 5.75 Å². The van der Waals surface area contributed by atoms with Crippen molar-refractivity contribution in [1.82, 2.24) is 10.2 Å². The number of nitrogens with one attached hydrogen (secondary N) is 1. The van der Waals surface area contributed by atoms with Gasteiger partial charge in [0.1, 0.15) is 0 Å². The van der Waals surface area contributed by atoms with Gasteiger partial charge in [0, 0.05) is 17.3 Å². The van der Waals surface area contributed by atoms with Gasteiger partial charge in [0.25, 0.3) is 0 Å². The Morgan fingerprint density at radius 2 is 2.00 bits per heavy atom. The number of hydrogen-bond acceptors (Lipinski definition) is 4. The normalized spacial score (nSPS) is 10.1. The summed E-state index contributed by atoms with van der Waals surface area (Å²) in [5, 5.41) is 6.30. The molecule has 16 heavy (non-hydrogen) atoms. The Morgan fingerprint density at radius 3 is 2.62 bits per heavy atom. The quantitative estimate of drug-likeness (QED) is 0.736. The van der Waals surface area contributed by atoms with Gasteiger partial charge in [-0.25, -0.2) is 5.10 Å². The van der Waals surface area contributed by atoms with Crippen molar-refractivity contribution in [2.45, 2.75) is 0 Å². The maximum Gasteiger partial charge on any atom is 0.306 e. The molecule has 0 bridgehead atoms. The molecular formula is C11H11N3O2. The van der Waals surface area contributed by atoms with Crippen LogP contribution in [0.25, 0.3) is 11.3 Å². The lowest BCUT2D eigenvalue weighted by Crippen LogP contribution is -2.11. The maximum atomic E-state index is 11.2. The number of nitrogens with zero attached hydrogens (tertiary/aromatic N) is 1. The van der Waals surface area contributed by atoms with Gasteiger partial charge < -0.3 is 10.5 Å². The van der Waals surface area contributed by atoms with E-state index in [9.17, 15) is 4.79 Å². The second-order valence-corrected chi connectivity index (χ2v) is 3.27. The van der Waals surface area contributed by atoms with E-state index in [0.717, 1.165) is 5.56 Å². The smallest absolute Gasteiger partial charge is 0.306 e. The van der Waals surface area contributed by atoms with Crippen molar-refractivity contribution in [1.29, 1.82) is 0 Å². The van der Waals surface area contributed by atoms with Crippen molar-refractivity contribution < 1.29 is 4.74 Å². The second-order valence-electron chi connectivity index (χ2n) is 3.27. The largest absolute Gasteiger partial charge is 0.491 e. The number of nitrogen functional groups attached to an aromatic ring is 1. The van der Waals surface area contributed by atoms with Crippen LogP contribution in [0.1, 0.15) is 0 Å². The first-order chi connectivity index (χ1) is 7.70. The van der Waals surface area contributed by atoms with Crippen LogP contribution in [0.3, 0.4) is 0 Å². The number of anilines is 1. The van der Waals surface area contributed by atoms with Crippen molar-refractivity contribution in [3.63, 3.8) is 0 Å². The Labute approximate surface area is 91.9 Å². The van der Waals surface area contributed by atoms with Crippen molar-refractivity contribution in [3.8, 4) is 17.0 Å². The number of methoxy groups -OCH3 is 1. The van der Waals surface area contributed by atoms with Gasteiger partial charge in [0.05, 0.1) is 12.8 Å². The zero-order valence-electron chi connectivity index (χ0n) is 8.73. The third kappa shape index (κ3) is 1.88. The van der Waals surface area contributed by atoms with Crippen LogP contribution in [0.4, 0.5) is 5.69 Å². The molecule has 3 N–H and O–H groups in total. The molecule has 1 aromatic carbocycles. The van der Waals surface area contributed by atoms with Crippen molar-refractivity contribution in [3.05, 3.63) is 40.7 Å². The number of benzene rings is 1. The van der Waals surface area contributed by atoms with Gasteiger partial charge in [-0.2, -0.15) is 5.10 Å². The zero-order chi connectivity index (χ0) is 11.5. The monoisotopic (exact) mass is 217 g/mol. The lowest BCUT2D eigenvalue weighted by Gasteiger charge is -2.03. The number of hydrogen-bond donors (Lipinski definition) is 2. The fourth-order valence-electron chi connectivity index (χ4n) is 1.34. The second kappa shape index (κ2) is 4.06. The van der Waals surface area contributed by atoms with Crippen LogP contribution >= 0.6 is 0 Å². The summed E-state index contributed by atoms with van der Waals surface area (Å²) in [7, 11) is 1.44. The topological polar surface area (TPSA) is 81.0 Å². The molecule has 0 fully saturated rings. The molecule has 5 nitrogen and oxygen atoms in total. The number of rotatable bonds is 2. The van der Waals surface area contributed by atoms with Crippen LogP contribution in [-0.2, 0) is 0 Å². The lowest BCUT2D eigenvalue weighted by molar-refractivity contribution is 0.407. The van der Waals surface area contributed by atoms with Crippen molar-refractivity contribution >= 4 is 5.69 Å². The van der Waals surface area contributed by atoms with Crippen LogP contribution < -0.4 is 16.0 Å². The van der Waals surface area contributed by atoms with Crippen molar-refractivity contribution in [2.75, 3.05) is 12.8 Å². The summed E-state index contributed by atoms with van der Waals surface area (Å²) in [5.41, 5.74) is 7.42. The van der Waals surface area contributed by atoms with Crippen LogP contribution in [0.5, 0.6) is 5.75 Å². The Morgan fingerprint density at radius 1 is 1.31 bits per heavy atom. The summed E-state index contributed by atoms with van der Waals surface area (Å²) in [4.78, 5) is 11.2. The van der Waals surface area contributed by atoms with E-state index in [1.54, 1.807) is 18.2 Å². The molecule has 0 atom stereocenters. The first kappa shape index (κ1) is 10.2. The van der Waals surface area contributed by atoms with E-state index in [0.29, 0.717) is 11.4 Å². The predicted molar refractivity (Wildman–Crippen MR) is 61.3 cm³/mol. The Hall–Kier alpha value is -2.30. The van der Waals surface area contributed by atoms with Crippen LogP contribution in [0, 0.1) is 0 Å². The average molecular weight is 217 g/mol. The van der Waals surface area contributed by atoms with Gasteiger partial charge in [-0.05, 0) is 12.1 Å². The minimum absolute atomic E-state index is 0.238. The van der Waals surface area contributed by atoms with Gasteiger partial charge in [-0.15, -0.1) is 0 Å². The number of H-pyrrole nitrogens is 1. The molecule has 0 unspecified atom stereocenters. The predicted octanol–water partition coefficient (Wildman–Crippen LogP) is 1.03. The van der Waals surface area contributed by atoms with Crippen LogP contribution in [0.15, 0.2) is 35.1 Å². The molecule has 82 valence electrons. The molecule has 0 spiro atoms. The minimum Gasteiger partial charge on any atom is -0.491 e. The SMILES string of the molecule is COc1cc(-c2ccc(N)cc2)n[nH]c1=O. The molecular weight excluding hydrogens is 206 g/mol. The molecule has 0 aliphatic carbocycles. The van der Waals surface area contributed by atoms with E-state index in [1.165, 1.54) is 7.11 Å². The van der Waals surface area contributed by atoms with Crippen molar-refractivity contribution in [2.24, 2.45) is 0 Å². The average Bonchev–Trinajstić information content (AvgIpc) is 2.31. The summed E-state index contributed by atoms with van der Waals surface area (Å²) >= 11 is 0. The molecule has 0 saturated carbocycles. The van der Waals surface area contributed by atoms with E-state index in [2.05, 4.69) is 10.2 Å². The van der Waals surface area contributed by atoms with Crippen LogP contribution in [0.2, 0.25) is 0 Å². The number of aromatic amines is 1. The highest BCUT2D eigenvalue weighted by Gasteiger charge is 2.04. The van der Waals surface area contributed by atoms with E-state index in [-0.39, 0.29) is 11.3 Å². The van der Waals surface area contributed by atoms with Gasteiger partial charge in [0.2, 0.25) is 0 Å². The van der Waals surface area contributed by atoms with E-state index in [1.807, 2.05) is 12.1 Å². The molecule has 0 amide bonds. The first-order valence-corrected chi connectivity index (χ1v) is 4.70. The Bertz CT molecular complexity index is 546. The summed E-state index contributed by atoms with van der Waals surface area (Å²) in [5.74, 6) is 0.238. The van der Waals surface area contributed by atoms with Crippen LogP contribution in [-0.4, -0.2) is 17.3 Å². The Kier molecular flexibility index (Phi) is 2.59. The number of ether oxygens (including phenoxy) is 1. The standard InChI is InChI=1S/C11H11N3O2/c1-16-10-6-9(13-14-11(10)15)7-2-4-8(12)5-3-7/h2-6H,12H2,1H3,(H,14,15). The van der Waals surface area contributed by atoms with Gasteiger partial charge in [-0.3, -0.25) is 4.79 Å². The first-order valence-electron chi connectivity index (χ1n) is 4.70. The maximum absolute atomic E-state index is 11.2. The highest BCUT2D eigenvalue weighted by molar-refractivity contribution is 5.62. The molecule has 0 radical (unpaired) electrons. The Balaban J connectivity index is 2.48. The molecule has 2 rings (SSSR count). The molecule has 2 aromatic rings. The highest BCUT2D eigenvalue weighted by Crippen LogP contribution is 2.19. The summed E-state index contributed by atoms with van der Waals surface area (Å²) in [6, 6.07) is 8.79. The van der Waals surface area contributed by atoms with E-state index >= 15 is 0 Å². The summed E-state index contributed by atoms with van der Waals surface area (Å²) in [6.07, 6.45) is 0. The summed E-state index contributed by atoms with van der Waals surface area (Å²) in [6.45, 7) is 0.